The summed E-state index contributed by atoms with van der Waals surface area (Å²) in [5.41, 5.74) is -0.781. The van der Waals surface area contributed by atoms with Crippen molar-refractivity contribution < 1.29 is 29.3 Å². The molecule has 0 aromatic rings. The number of rotatable bonds is 16. The first kappa shape index (κ1) is 29.2. The molecular weight excluding hydrogens is 544 g/mol. The van der Waals surface area contributed by atoms with Crippen molar-refractivity contribution in [1.82, 2.24) is 0 Å². The largest absolute Gasteiger partial charge is 0.481 e. The van der Waals surface area contributed by atoms with Crippen LogP contribution in [0.15, 0.2) is 23.0 Å². The fourth-order valence-corrected chi connectivity index (χ4v) is 5.43. The molecule has 32 heavy (non-hydrogen) atoms. The van der Waals surface area contributed by atoms with Gasteiger partial charge < -0.3 is 19.7 Å². The Morgan fingerprint density at radius 2 is 1.56 bits per heavy atom. The van der Waals surface area contributed by atoms with E-state index < -0.39 is 28.5 Å². The minimum atomic E-state index is -1.26. The lowest BCUT2D eigenvalue weighted by Crippen LogP contribution is -2.50. The van der Waals surface area contributed by atoms with Gasteiger partial charge in [0, 0.05) is 0 Å². The number of aliphatic carboxylic acids is 2. The number of ether oxygens (including phenoxy) is 2. The van der Waals surface area contributed by atoms with Gasteiger partial charge in [0.1, 0.15) is 27.9 Å². The molecule has 0 bridgehead atoms. The van der Waals surface area contributed by atoms with Gasteiger partial charge in [0.2, 0.25) is 0 Å². The Morgan fingerprint density at radius 1 is 1.00 bits per heavy atom. The summed E-state index contributed by atoms with van der Waals surface area (Å²) in [6.45, 7) is 7.89. The minimum Gasteiger partial charge on any atom is -0.481 e. The van der Waals surface area contributed by atoms with Crippen molar-refractivity contribution in [2.75, 3.05) is 0 Å². The number of halogens is 2. The molecule has 0 aromatic carbocycles. The van der Waals surface area contributed by atoms with E-state index in [9.17, 15) is 19.8 Å². The highest BCUT2D eigenvalue weighted by molar-refractivity contribution is 9.09. The molecule has 2 N–H and O–H groups in total. The molecule has 0 aromatic heterocycles. The van der Waals surface area contributed by atoms with E-state index in [4.69, 9.17) is 9.47 Å². The number of alkyl halides is 2. The first-order valence-corrected chi connectivity index (χ1v) is 13.6. The normalized spacial score (nSPS) is 22.9. The van der Waals surface area contributed by atoms with Gasteiger partial charge in [-0.3, -0.25) is 4.79 Å². The number of carbonyl (C=O) groups is 2. The third-order valence-electron chi connectivity index (χ3n) is 5.90. The van der Waals surface area contributed by atoms with E-state index in [0.29, 0.717) is 24.8 Å². The predicted molar refractivity (Wildman–Crippen MR) is 133 cm³/mol. The van der Waals surface area contributed by atoms with E-state index in [1.54, 1.807) is 0 Å². The van der Waals surface area contributed by atoms with E-state index in [1.807, 2.05) is 13.8 Å². The highest BCUT2D eigenvalue weighted by Gasteiger charge is 2.51. The Labute approximate surface area is 209 Å². The lowest BCUT2D eigenvalue weighted by atomic mass is 9.71. The summed E-state index contributed by atoms with van der Waals surface area (Å²) in [6.07, 6.45) is 9.61. The molecule has 0 fully saturated rings. The van der Waals surface area contributed by atoms with Crippen LogP contribution in [0.3, 0.4) is 0 Å². The van der Waals surface area contributed by atoms with Crippen LogP contribution in [0.5, 0.6) is 0 Å². The topological polar surface area (TPSA) is 93.1 Å². The molecule has 0 radical (unpaired) electrons. The van der Waals surface area contributed by atoms with Gasteiger partial charge in [-0.25, -0.2) is 4.79 Å². The van der Waals surface area contributed by atoms with Gasteiger partial charge in [0.15, 0.2) is 5.01 Å². The molecule has 4 atom stereocenters. The lowest BCUT2D eigenvalue weighted by Gasteiger charge is -2.44. The Bertz CT molecular complexity index is 690. The van der Waals surface area contributed by atoms with E-state index in [0.717, 1.165) is 44.9 Å². The monoisotopic (exact) mass is 580 g/mol. The standard InChI is InChI=1S/C24H38Br2O6/c1-5-9-11-13-19(25)31-18-15-17(22(27)28)24(8-4,16(7-3)21(18)23(29)30)32-20(26)14-12-10-6-2/h15,17,19-20H,5-14H2,1-4H3,(H,27,28)(H,29,30). The number of hydrogen-bond acceptors (Lipinski definition) is 4. The third-order valence-corrected chi connectivity index (χ3v) is 7.19. The maximum atomic E-state index is 12.4. The molecule has 0 aliphatic heterocycles. The van der Waals surface area contributed by atoms with Crippen molar-refractivity contribution in [3.63, 3.8) is 0 Å². The molecule has 4 unspecified atom stereocenters. The molecule has 184 valence electrons. The molecule has 0 spiro atoms. The first-order valence-electron chi connectivity index (χ1n) is 11.7. The third kappa shape index (κ3) is 7.59. The molecule has 0 saturated heterocycles. The molecule has 0 heterocycles. The summed E-state index contributed by atoms with van der Waals surface area (Å²) in [6, 6.07) is 0. The molecule has 6 nitrogen and oxygen atoms in total. The van der Waals surface area contributed by atoms with Crippen LogP contribution in [0.1, 0.15) is 91.9 Å². The van der Waals surface area contributed by atoms with Crippen molar-refractivity contribution in [1.29, 1.82) is 0 Å². The van der Waals surface area contributed by atoms with Crippen LogP contribution in [0.25, 0.3) is 0 Å². The van der Waals surface area contributed by atoms with Crippen molar-refractivity contribution in [2.45, 2.75) is 108 Å². The average molecular weight is 582 g/mol. The average Bonchev–Trinajstić information content (AvgIpc) is 2.73. The summed E-state index contributed by atoms with van der Waals surface area (Å²) in [5.74, 6) is -3.15. The summed E-state index contributed by atoms with van der Waals surface area (Å²) >= 11 is 7.03. The SMILES string of the molecule is CCCCCC(Br)OC1=CC(C(=O)O)C(CC)(OC(Br)CCCCC)C(CC)=C1C(=O)O. The van der Waals surface area contributed by atoms with Crippen LogP contribution in [0, 0.1) is 5.92 Å². The van der Waals surface area contributed by atoms with Crippen LogP contribution in [-0.2, 0) is 19.1 Å². The second-order valence-electron chi connectivity index (χ2n) is 8.15. The smallest absolute Gasteiger partial charge is 0.339 e. The van der Waals surface area contributed by atoms with Gasteiger partial charge in [0.25, 0.3) is 0 Å². The summed E-state index contributed by atoms with van der Waals surface area (Å²) in [4.78, 5) is 24.7. The molecular formula is C24H38Br2O6. The zero-order valence-corrected chi connectivity index (χ0v) is 22.8. The van der Waals surface area contributed by atoms with E-state index >= 15 is 0 Å². The minimum absolute atomic E-state index is 0.0139. The fourth-order valence-electron chi connectivity index (χ4n) is 4.25. The summed E-state index contributed by atoms with van der Waals surface area (Å²) in [5, 5.41) is 19.4. The summed E-state index contributed by atoms with van der Waals surface area (Å²) in [7, 11) is 0. The van der Waals surface area contributed by atoms with Crippen LogP contribution in [0.2, 0.25) is 0 Å². The number of carboxylic acids is 2. The zero-order chi connectivity index (χ0) is 24.3. The number of hydrogen-bond donors (Lipinski definition) is 2. The maximum Gasteiger partial charge on any atom is 0.339 e. The molecule has 0 amide bonds. The molecule has 8 heteroatoms. The van der Waals surface area contributed by atoms with Crippen LogP contribution < -0.4 is 0 Å². The Hall–Kier alpha value is -0.860. The fraction of sp³-hybridized carbons (Fsp3) is 0.750. The van der Waals surface area contributed by atoms with Gasteiger partial charge in [-0.05, 0) is 66.1 Å². The first-order chi connectivity index (χ1) is 15.2. The van der Waals surface area contributed by atoms with Crippen molar-refractivity contribution in [2.24, 2.45) is 5.92 Å². The second-order valence-corrected chi connectivity index (χ2v) is 10.2. The van der Waals surface area contributed by atoms with E-state index in [-0.39, 0.29) is 16.3 Å². The number of carboxylic acid groups (broad SMARTS) is 2. The van der Waals surface area contributed by atoms with Crippen LogP contribution >= 0.6 is 31.9 Å². The molecule has 0 saturated carbocycles. The van der Waals surface area contributed by atoms with Gasteiger partial charge >= 0.3 is 11.9 Å². The zero-order valence-electron chi connectivity index (χ0n) is 19.7. The van der Waals surface area contributed by atoms with E-state index in [1.165, 1.54) is 6.08 Å². The van der Waals surface area contributed by atoms with Crippen molar-refractivity contribution >= 4 is 43.8 Å². The van der Waals surface area contributed by atoms with Crippen molar-refractivity contribution in [3.05, 3.63) is 23.0 Å². The quantitative estimate of drug-likeness (QED) is 0.148. The Morgan fingerprint density at radius 3 is 2.00 bits per heavy atom. The van der Waals surface area contributed by atoms with Gasteiger partial charge in [-0.15, -0.1) is 0 Å². The van der Waals surface area contributed by atoms with Gasteiger partial charge in [-0.2, -0.15) is 0 Å². The maximum absolute atomic E-state index is 12.4. The number of unbranched alkanes of at least 4 members (excludes halogenated alkanes) is 4. The molecule has 1 aliphatic carbocycles. The summed E-state index contributed by atoms with van der Waals surface area (Å²) < 4.78 is 12.3. The van der Waals surface area contributed by atoms with Crippen molar-refractivity contribution in [3.8, 4) is 0 Å². The van der Waals surface area contributed by atoms with Crippen LogP contribution in [-0.4, -0.2) is 37.8 Å². The Balaban J connectivity index is 3.40. The highest BCUT2D eigenvalue weighted by Crippen LogP contribution is 2.46. The predicted octanol–water partition coefficient (Wildman–Crippen LogP) is 7.16. The second kappa shape index (κ2) is 14.4. The van der Waals surface area contributed by atoms with E-state index in [2.05, 4.69) is 45.7 Å². The van der Waals surface area contributed by atoms with Gasteiger partial charge in [0.05, 0.1) is 0 Å². The molecule has 1 rings (SSSR count). The lowest BCUT2D eigenvalue weighted by molar-refractivity contribution is -0.153. The Kier molecular flexibility index (Phi) is 13.1. The van der Waals surface area contributed by atoms with Crippen LogP contribution in [0.4, 0.5) is 0 Å². The molecule has 1 aliphatic rings. The van der Waals surface area contributed by atoms with Gasteiger partial charge in [-0.1, -0.05) is 69.3 Å². The highest BCUT2D eigenvalue weighted by atomic mass is 79.9.